The lowest BCUT2D eigenvalue weighted by Crippen LogP contribution is -2.41. The van der Waals surface area contributed by atoms with Gasteiger partial charge in [-0.25, -0.2) is 9.37 Å². The highest BCUT2D eigenvalue weighted by Gasteiger charge is 2.53. The second-order valence-electron chi connectivity index (χ2n) is 6.48. The van der Waals surface area contributed by atoms with Crippen LogP contribution < -0.4 is 5.46 Å². The molecule has 1 saturated heterocycles. The lowest BCUT2D eigenvalue weighted by atomic mass is 9.79. The molecule has 2 rings (SSSR count). The van der Waals surface area contributed by atoms with Crippen LogP contribution in [0.25, 0.3) is 0 Å². The molecule has 0 N–H and O–H groups in total. The number of hydrogen-bond donors (Lipinski definition) is 0. The van der Waals surface area contributed by atoms with Gasteiger partial charge in [0.2, 0.25) is 5.95 Å². The van der Waals surface area contributed by atoms with Gasteiger partial charge in [0.15, 0.2) is 0 Å². The van der Waals surface area contributed by atoms with Crippen molar-refractivity contribution < 1.29 is 18.1 Å². The maximum absolute atomic E-state index is 14.2. The molecule has 1 fully saturated rings. The van der Waals surface area contributed by atoms with E-state index in [9.17, 15) is 8.78 Å². The fraction of sp³-hybridized carbons (Fsp3) is 0.643. The molecule has 1 aromatic rings. The Balaban J connectivity index is 2.41. The van der Waals surface area contributed by atoms with Crippen LogP contribution in [-0.4, -0.2) is 23.3 Å². The van der Waals surface area contributed by atoms with Gasteiger partial charge in [0.25, 0.3) is 0 Å². The highest BCUT2D eigenvalue weighted by atomic mass is 19.1. The largest absolute Gasteiger partial charge is 0.502 e. The topological polar surface area (TPSA) is 31.4 Å². The summed E-state index contributed by atoms with van der Waals surface area (Å²) in [5.41, 5.74) is -1.17. The first kappa shape index (κ1) is 15.4. The normalized spacial score (nSPS) is 20.8. The zero-order valence-corrected chi connectivity index (χ0v) is 12.8. The average molecular weight is 283 g/mol. The van der Waals surface area contributed by atoms with Gasteiger partial charge in [-0.2, -0.15) is 4.39 Å². The van der Waals surface area contributed by atoms with E-state index < -0.39 is 30.1 Å². The minimum Gasteiger partial charge on any atom is -0.399 e. The number of nitrogens with zero attached hydrogens (tertiary/aromatic N) is 1. The molecule has 20 heavy (non-hydrogen) atoms. The number of pyridine rings is 1. The molecule has 0 aliphatic carbocycles. The lowest BCUT2D eigenvalue weighted by molar-refractivity contribution is 0.00578. The fourth-order valence-corrected chi connectivity index (χ4v) is 1.98. The van der Waals surface area contributed by atoms with E-state index in [0.717, 1.165) is 0 Å². The van der Waals surface area contributed by atoms with Crippen LogP contribution in [0.5, 0.6) is 0 Å². The van der Waals surface area contributed by atoms with Crippen molar-refractivity contribution >= 4 is 12.6 Å². The zero-order valence-electron chi connectivity index (χ0n) is 12.8. The van der Waals surface area contributed by atoms with E-state index in [2.05, 4.69) is 4.98 Å². The molecule has 0 unspecified atom stereocenters. The van der Waals surface area contributed by atoms with Gasteiger partial charge >= 0.3 is 7.12 Å². The molecule has 1 aromatic heterocycles. The third kappa shape index (κ3) is 2.47. The van der Waals surface area contributed by atoms with Crippen molar-refractivity contribution in [2.24, 2.45) is 0 Å². The number of hydrogen-bond acceptors (Lipinski definition) is 3. The Morgan fingerprint density at radius 1 is 1.10 bits per heavy atom. The van der Waals surface area contributed by atoms with E-state index in [1.807, 2.05) is 41.5 Å². The first-order valence-electron chi connectivity index (χ1n) is 6.76. The van der Waals surface area contributed by atoms with Crippen molar-refractivity contribution in [1.29, 1.82) is 0 Å². The van der Waals surface area contributed by atoms with Crippen LogP contribution in [0.1, 0.15) is 53.2 Å². The molecule has 110 valence electrons. The molecule has 0 atom stereocenters. The SMILES string of the molecule is CC(C)c1cc(F)c(B2OC(C)(C)C(C)(C)O2)c(F)n1. The molecule has 6 heteroatoms. The highest BCUT2D eigenvalue weighted by Crippen LogP contribution is 2.36. The maximum Gasteiger partial charge on any atom is 0.502 e. The minimum absolute atomic E-state index is 0.0497. The first-order valence-corrected chi connectivity index (χ1v) is 6.76. The maximum atomic E-state index is 14.2. The summed E-state index contributed by atoms with van der Waals surface area (Å²) in [6.45, 7) is 11.0. The third-order valence-electron chi connectivity index (χ3n) is 4.06. The summed E-state index contributed by atoms with van der Waals surface area (Å²) in [6.07, 6.45) is 0. The van der Waals surface area contributed by atoms with E-state index in [-0.39, 0.29) is 11.4 Å². The van der Waals surface area contributed by atoms with Gasteiger partial charge in [-0.3, -0.25) is 0 Å². The van der Waals surface area contributed by atoms with Gasteiger partial charge in [0, 0.05) is 5.69 Å². The van der Waals surface area contributed by atoms with E-state index in [4.69, 9.17) is 9.31 Å². The fourth-order valence-electron chi connectivity index (χ4n) is 1.98. The van der Waals surface area contributed by atoms with Gasteiger partial charge in [-0.05, 0) is 39.7 Å². The second kappa shape index (κ2) is 4.77. The second-order valence-corrected chi connectivity index (χ2v) is 6.48. The van der Waals surface area contributed by atoms with Gasteiger partial charge in [0.05, 0.1) is 16.7 Å². The van der Waals surface area contributed by atoms with Crippen molar-refractivity contribution in [2.45, 2.75) is 58.7 Å². The summed E-state index contributed by atoms with van der Waals surface area (Å²) in [5, 5.41) is 0. The summed E-state index contributed by atoms with van der Waals surface area (Å²) in [6, 6.07) is 1.24. The Hall–Kier alpha value is -1.01. The quantitative estimate of drug-likeness (QED) is 0.618. The van der Waals surface area contributed by atoms with E-state index in [1.54, 1.807) is 0 Å². The molecule has 0 saturated carbocycles. The summed E-state index contributed by atoms with van der Waals surface area (Å²) in [4.78, 5) is 3.81. The summed E-state index contributed by atoms with van der Waals surface area (Å²) in [5.74, 6) is -1.60. The van der Waals surface area contributed by atoms with E-state index in [0.29, 0.717) is 5.69 Å². The van der Waals surface area contributed by atoms with Gasteiger partial charge in [-0.15, -0.1) is 0 Å². The summed E-state index contributed by atoms with van der Waals surface area (Å²) < 4.78 is 39.6. The zero-order chi connectivity index (χ0) is 15.3. The van der Waals surface area contributed by atoms with Crippen molar-refractivity contribution in [2.75, 3.05) is 0 Å². The van der Waals surface area contributed by atoms with Crippen LogP contribution in [0, 0.1) is 11.8 Å². The molecule has 0 bridgehead atoms. The van der Waals surface area contributed by atoms with Gasteiger partial charge < -0.3 is 9.31 Å². The van der Waals surface area contributed by atoms with Crippen LogP contribution in [0.2, 0.25) is 0 Å². The number of halogens is 2. The van der Waals surface area contributed by atoms with Crippen LogP contribution in [-0.2, 0) is 9.31 Å². The van der Waals surface area contributed by atoms with Crippen molar-refractivity contribution in [3.63, 3.8) is 0 Å². The van der Waals surface area contributed by atoms with E-state index >= 15 is 0 Å². The van der Waals surface area contributed by atoms with Crippen LogP contribution >= 0.6 is 0 Å². The molecular weight excluding hydrogens is 263 g/mol. The summed E-state index contributed by atoms with van der Waals surface area (Å²) in [7, 11) is -1.08. The molecule has 1 aliphatic rings. The van der Waals surface area contributed by atoms with Crippen LogP contribution in [0.4, 0.5) is 8.78 Å². The minimum atomic E-state index is -1.08. The third-order valence-corrected chi connectivity index (χ3v) is 4.06. The molecule has 1 aliphatic heterocycles. The van der Waals surface area contributed by atoms with E-state index in [1.165, 1.54) is 6.07 Å². The molecule has 0 aromatic carbocycles. The molecule has 3 nitrogen and oxygen atoms in total. The first-order chi connectivity index (χ1) is 9.05. The highest BCUT2D eigenvalue weighted by molar-refractivity contribution is 6.62. The molecule has 0 amide bonds. The lowest BCUT2D eigenvalue weighted by Gasteiger charge is -2.32. The number of rotatable bonds is 2. The van der Waals surface area contributed by atoms with Gasteiger partial charge in [-0.1, -0.05) is 13.8 Å². The van der Waals surface area contributed by atoms with Crippen LogP contribution in [0.3, 0.4) is 0 Å². The Bertz CT molecular complexity index is 493. The Kier molecular flexibility index (Phi) is 3.67. The van der Waals surface area contributed by atoms with Crippen molar-refractivity contribution in [3.05, 3.63) is 23.5 Å². The van der Waals surface area contributed by atoms with Crippen molar-refractivity contribution in [3.8, 4) is 0 Å². The number of aromatic nitrogens is 1. The predicted octanol–water partition coefficient (Wildman–Crippen LogP) is 2.78. The van der Waals surface area contributed by atoms with Crippen molar-refractivity contribution in [1.82, 2.24) is 4.98 Å². The Morgan fingerprint density at radius 3 is 2.00 bits per heavy atom. The predicted molar refractivity (Wildman–Crippen MR) is 74.0 cm³/mol. The monoisotopic (exact) mass is 283 g/mol. The van der Waals surface area contributed by atoms with Crippen LogP contribution in [0.15, 0.2) is 6.07 Å². The Labute approximate surface area is 118 Å². The summed E-state index contributed by atoms with van der Waals surface area (Å²) >= 11 is 0. The Morgan fingerprint density at radius 2 is 1.60 bits per heavy atom. The smallest absolute Gasteiger partial charge is 0.399 e. The molecule has 0 radical (unpaired) electrons. The van der Waals surface area contributed by atoms with Gasteiger partial charge in [0.1, 0.15) is 5.82 Å². The average Bonchev–Trinajstić information content (AvgIpc) is 2.46. The molecule has 2 heterocycles. The molecular formula is C14H20BF2NO2. The standard InChI is InChI=1S/C14H20BF2NO2/c1-8(2)10-7-9(16)11(12(17)18-10)15-19-13(3,4)14(5,6)20-15/h7-8H,1-6H3. The molecule has 0 spiro atoms.